The average Bonchev–Trinajstić information content (AvgIpc) is 2.16. The Morgan fingerprint density at radius 1 is 1.15 bits per heavy atom. The number of fused-ring (bicyclic) bond motifs is 1. The van der Waals surface area contributed by atoms with Crippen LogP contribution in [0.1, 0.15) is 5.56 Å². The standard InChI is InChI=1S/C11H10S2/c1-8-5-6-10-9(7-8)3-2-4-11(10)13-12/h2-7,12H,1H3. The SMILES string of the molecule is Cc1ccc2c(SS)cccc2c1. The molecule has 2 heteroatoms. The predicted octanol–water partition coefficient (Wildman–Crippen LogP) is 4.09. The van der Waals surface area contributed by atoms with Crippen molar-refractivity contribution < 1.29 is 0 Å². The van der Waals surface area contributed by atoms with Gasteiger partial charge in [-0.2, -0.15) is 0 Å². The molecule has 0 radical (unpaired) electrons. The van der Waals surface area contributed by atoms with Gasteiger partial charge in [0.05, 0.1) is 0 Å². The summed E-state index contributed by atoms with van der Waals surface area (Å²) < 4.78 is 0. The van der Waals surface area contributed by atoms with E-state index in [-0.39, 0.29) is 0 Å². The first-order valence-electron chi connectivity index (χ1n) is 4.12. The van der Waals surface area contributed by atoms with E-state index in [0.29, 0.717) is 0 Å². The molecule has 0 aliphatic heterocycles. The van der Waals surface area contributed by atoms with Crippen molar-refractivity contribution in [1.82, 2.24) is 0 Å². The maximum atomic E-state index is 4.23. The molecule has 0 aliphatic rings. The number of benzene rings is 2. The van der Waals surface area contributed by atoms with Gasteiger partial charge in [0.15, 0.2) is 0 Å². The summed E-state index contributed by atoms with van der Waals surface area (Å²) in [6.07, 6.45) is 0. The summed E-state index contributed by atoms with van der Waals surface area (Å²) in [6.45, 7) is 2.11. The number of thiol groups is 1. The van der Waals surface area contributed by atoms with Gasteiger partial charge in [0.2, 0.25) is 0 Å². The molecule has 0 spiro atoms. The summed E-state index contributed by atoms with van der Waals surface area (Å²) in [5, 5.41) is 2.58. The van der Waals surface area contributed by atoms with Crippen molar-refractivity contribution >= 4 is 33.2 Å². The highest BCUT2D eigenvalue weighted by Crippen LogP contribution is 2.30. The fourth-order valence-electron chi connectivity index (χ4n) is 1.45. The maximum Gasteiger partial charge on any atom is 0.0258 e. The molecule has 13 heavy (non-hydrogen) atoms. The van der Waals surface area contributed by atoms with E-state index < -0.39 is 0 Å². The molecule has 0 fully saturated rings. The van der Waals surface area contributed by atoms with Gasteiger partial charge in [-0.15, -0.1) is 11.7 Å². The normalized spacial score (nSPS) is 10.6. The van der Waals surface area contributed by atoms with Crippen LogP contribution in [0.25, 0.3) is 10.8 Å². The number of hydrogen-bond donors (Lipinski definition) is 1. The smallest absolute Gasteiger partial charge is 0.0258 e. The zero-order valence-corrected chi connectivity index (χ0v) is 9.03. The van der Waals surface area contributed by atoms with Crippen LogP contribution in [0.2, 0.25) is 0 Å². The van der Waals surface area contributed by atoms with Crippen molar-refractivity contribution in [3.63, 3.8) is 0 Å². The predicted molar refractivity (Wildman–Crippen MR) is 63.5 cm³/mol. The lowest BCUT2D eigenvalue weighted by atomic mass is 10.1. The first-order valence-corrected chi connectivity index (χ1v) is 5.99. The average molecular weight is 206 g/mol. The number of aryl methyl sites for hydroxylation is 1. The fraction of sp³-hybridized carbons (Fsp3) is 0.0909. The van der Waals surface area contributed by atoms with Gasteiger partial charge in [0.1, 0.15) is 0 Å². The van der Waals surface area contributed by atoms with Gasteiger partial charge in [-0.3, -0.25) is 0 Å². The molecule has 2 rings (SSSR count). The van der Waals surface area contributed by atoms with Gasteiger partial charge in [-0.1, -0.05) is 46.7 Å². The van der Waals surface area contributed by atoms with Gasteiger partial charge >= 0.3 is 0 Å². The van der Waals surface area contributed by atoms with E-state index in [0.717, 1.165) is 0 Å². The lowest BCUT2D eigenvalue weighted by molar-refractivity contribution is 1.48. The van der Waals surface area contributed by atoms with Crippen LogP contribution in [-0.2, 0) is 0 Å². The van der Waals surface area contributed by atoms with E-state index in [2.05, 4.69) is 55.0 Å². The molecule has 0 amide bonds. The Balaban J connectivity index is 2.77. The van der Waals surface area contributed by atoms with Crippen molar-refractivity contribution in [3.8, 4) is 0 Å². The Morgan fingerprint density at radius 3 is 2.77 bits per heavy atom. The molecule has 2 aromatic rings. The minimum absolute atomic E-state index is 1.22. The van der Waals surface area contributed by atoms with Gasteiger partial charge in [0, 0.05) is 4.90 Å². The molecule has 66 valence electrons. The zero-order valence-electron chi connectivity index (χ0n) is 7.32. The molecule has 0 unspecified atom stereocenters. The van der Waals surface area contributed by atoms with E-state index in [1.165, 1.54) is 32.0 Å². The highest BCUT2D eigenvalue weighted by Gasteiger charge is 1.98. The minimum Gasteiger partial charge on any atom is -0.106 e. The van der Waals surface area contributed by atoms with E-state index in [4.69, 9.17) is 0 Å². The molecular weight excluding hydrogens is 196 g/mol. The molecule has 0 atom stereocenters. The van der Waals surface area contributed by atoms with Gasteiger partial charge in [-0.25, -0.2) is 0 Å². The van der Waals surface area contributed by atoms with Crippen molar-refractivity contribution in [3.05, 3.63) is 42.0 Å². The third kappa shape index (κ3) is 1.69. The topological polar surface area (TPSA) is 0 Å². The zero-order chi connectivity index (χ0) is 9.26. The number of hydrogen-bond acceptors (Lipinski definition) is 2. The second-order valence-corrected chi connectivity index (χ2v) is 4.24. The van der Waals surface area contributed by atoms with Crippen molar-refractivity contribution in [2.45, 2.75) is 11.8 Å². The highest BCUT2D eigenvalue weighted by molar-refractivity contribution is 8.68. The first kappa shape index (κ1) is 8.97. The molecule has 0 aromatic heterocycles. The van der Waals surface area contributed by atoms with E-state index in [1.54, 1.807) is 0 Å². The highest BCUT2D eigenvalue weighted by atomic mass is 33.1. The molecule has 0 bridgehead atoms. The van der Waals surface area contributed by atoms with Crippen LogP contribution in [-0.4, -0.2) is 0 Å². The van der Waals surface area contributed by atoms with E-state index >= 15 is 0 Å². The van der Waals surface area contributed by atoms with Gasteiger partial charge < -0.3 is 0 Å². The maximum absolute atomic E-state index is 4.23. The second kappa shape index (κ2) is 3.64. The van der Waals surface area contributed by atoms with Crippen molar-refractivity contribution in [1.29, 1.82) is 0 Å². The van der Waals surface area contributed by atoms with E-state index in [9.17, 15) is 0 Å². The molecule has 0 nitrogen and oxygen atoms in total. The van der Waals surface area contributed by atoms with Crippen LogP contribution >= 0.6 is 22.5 Å². The summed E-state index contributed by atoms with van der Waals surface area (Å²) in [7, 11) is 1.50. The van der Waals surface area contributed by atoms with Gasteiger partial charge in [0.25, 0.3) is 0 Å². The Morgan fingerprint density at radius 2 is 2.00 bits per heavy atom. The summed E-state index contributed by atoms with van der Waals surface area (Å²) in [5.74, 6) is 0. The van der Waals surface area contributed by atoms with E-state index in [1.807, 2.05) is 0 Å². The van der Waals surface area contributed by atoms with Crippen LogP contribution < -0.4 is 0 Å². The lowest BCUT2D eigenvalue weighted by Gasteiger charge is -2.03. The molecule has 0 N–H and O–H groups in total. The third-order valence-corrected chi connectivity index (χ3v) is 3.24. The Labute approximate surface area is 87.2 Å². The minimum atomic E-state index is 1.22. The Hall–Kier alpha value is -0.600. The van der Waals surface area contributed by atoms with Crippen molar-refractivity contribution in [2.75, 3.05) is 0 Å². The van der Waals surface area contributed by atoms with Crippen LogP contribution in [0.15, 0.2) is 41.3 Å². The molecule has 2 aromatic carbocycles. The summed E-state index contributed by atoms with van der Waals surface area (Å²) in [6, 6.07) is 12.8. The lowest BCUT2D eigenvalue weighted by Crippen LogP contribution is -1.77. The monoisotopic (exact) mass is 206 g/mol. The number of rotatable bonds is 1. The van der Waals surface area contributed by atoms with Crippen LogP contribution in [0, 0.1) is 6.92 Å². The van der Waals surface area contributed by atoms with Crippen LogP contribution in [0.4, 0.5) is 0 Å². The third-order valence-electron chi connectivity index (χ3n) is 2.09. The molecule has 0 aliphatic carbocycles. The summed E-state index contributed by atoms with van der Waals surface area (Å²) in [5.41, 5.74) is 1.30. The largest absolute Gasteiger partial charge is 0.106 e. The summed E-state index contributed by atoms with van der Waals surface area (Å²) in [4.78, 5) is 1.22. The molecule has 0 saturated heterocycles. The molecular formula is C11H10S2. The second-order valence-electron chi connectivity index (χ2n) is 3.07. The fourth-order valence-corrected chi connectivity index (χ4v) is 2.35. The molecule has 0 heterocycles. The van der Waals surface area contributed by atoms with Gasteiger partial charge in [-0.05, 0) is 23.8 Å². The van der Waals surface area contributed by atoms with Crippen molar-refractivity contribution in [2.24, 2.45) is 0 Å². The van der Waals surface area contributed by atoms with Crippen LogP contribution in [0.3, 0.4) is 0 Å². The Kier molecular flexibility index (Phi) is 2.51. The first-order chi connectivity index (χ1) is 6.31. The molecule has 0 saturated carbocycles. The van der Waals surface area contributed by atoms with Crippen LogP contribution in [0.5, 0.6) is 0 Å². The summed E-state index contributed by atoms with van der Waals surface area (Å²) >= 11 is 4.23. The Bertz CT molecular complexity index is 435. The quantitative estimate of drug-likeness (QED) is 0.542.